The zero-order valence-electron chi connectivity index (χ0n) is 11.0. The van der Waals surface area contributed by atoms with Crippen molar-refractivity contribution < 1.29 is 9.04 Å². The second-order valence-corrected chi connectivity index (χ2v) is 5.54. The summed E-state index contributed by atoms with van der Waals surface area (Å²) in [4.78, 5) is 3.08. The van der Waals surface area contributed by atoms with Crippen LogP contribution in [0, 0.1) is 11.0 Å². The molecule has 19 heavy (non-hydrogen) atoms. The lowest BCUT2D eigenvalue weighted by Gasteiger charge is -2.45. The highest BCUT2D eigenvalue weighted by Gasteiger charge is 2.20. The molecule has 0 saturated carbocycles. The van der Waals surface area contributed by atoms with Crippen LogP contribution in [-0.2, 0) is 6.42 Å². The zero-order valence-corrected chi connectivity index (χ0v) is 11.0. The molecule has 0 aliphatic carbocycles. The number of aromatic amines is 1. The van der Waals surface area contributed by atoms with E-state index in [0.717, 1.165) is 48.8 Å². The monoisotopic (exact) mass is 262 g/mol. The Morgan fingerprint density at radius 2 is 2.00 bits per heavy atom. The van der Waals surface area contributed by atoms with E-state index in [9.17, 15) is 9.60 Å². The molecule has 1 saturated heterocycles. The van der Waals surface area contributed by atoms with Crippen LogP contribution in [0.2, 0.25) is 0 Å². The number of H-pyrrole nitrogens is 1. The SMILES string of the molecule is [O-][N+]1(CCc2c[nH]c3cc(F)ccc23)CCCCC1. The predicted octanol–water partition coefficient (Wildman–Crippen LogP) is 3.35. The van der Waals surface area contributed by atoms with Crippen LogP contribution in [-0.4, -0.2) is 29.3 Å². The van der Waals surface area contributed by atoms with E-state index in [1.165, 1.54) is 18.6 Å². The summed E-state index contributed by atoms with van der Waals surface area (Å²) in [7, 11) is 0. The Hall–Kier alpha value is -1.39. The van der Waals surface area contributed by atoms with E-state index in [0.29, 0.717) is 6.54 Å². The van der Waals surface area contributed by atoms with E-state index < -0.39 is 0 Å². The minimum absolute atomic E-state index is 0.0616. The van der Waals surface area contributed by atoms with Gasteiger partial charge in [0, 0.05) is 23.5 Å². The molecular weight excluding hydrogens is 243 g/mol. The lowest BCUT2D eigenvalue weighted by molar-refractivity contribution is -0.885. The van der Waals surface area contributed by atoms with Crippen molar-refractivity contribution in [1.82, 2.24) is 4.98 Å². The smallest absolute Gasteiger partial charge is 0.125 e. The molecule has 3 nitrogen and oxygen atoms in total. The molecule has 0 spiro atoms. The summed E-state index contributed by atoms with van der Waals surface area (Å²) in [6.07, 6.45) is 5.94. The maximum atomic E-state index is 13.1. The molecule has 0 radical (unpaired) electrons. The number of quaternary nitrogens is 1. The van der Waals surface area contributed by atoms with Crippen LogP contribution < -0.4 is 0 Å². The van der Waals surface area contributed by atoms with Gasteiger partial charge in [0.15, 0.2) is 0 Å². The molecule has 4 heteroatoms. The van der Waals surface area contributed by atoms with Gasteiger partial charge in [0.05, 0.1) is 19.6 Å². The van der Waals surface area contributed by atoms with Crippen LogP contribution in [0.15, 0.2) is 24.4 Å². The van der Waals surface area contributed by atoms with E-state index in [2.05, 4.69) is 4.98 Å². The second kappa shape index (κ2) is 4.94. The molecule has 0 atom stereocenters. The van der Waals surface area contributed by atoms with Crippen molar-refractivity contribution in [3.63, 3.8) is 0 Å². The Kier molecular flexibility index (Phi) is 3.29. The summed E-state index contributed by atoms with van der Waals surface area (Å²) >= 11 is 0. The second-order valence-electron chi connectivity index (χ2n) is 5.54. The van der Waals surface area contributed by atoms with Crippen LogP contribution in [0.1, 0.15) is 24.8 Å². The van der Waals surface area contributed by atoms with Gasteiger partial charge in [0.2, 0.25) is 0 Å². The van der Waals surface area contributed by atoms with Crippen molar-refractivity contribution in [2.75, 3.05) is 19.6 Å². The minimum Gasteiger partial charge on any atom is -0.633 e. The molecule has 1 aliphatic heterocycles. The van der Waals surface area contributed by atoms with E-state index in [1.807, 2.05) is 6.20 Å². The van der Waals surface area contributed by atoms with Crippen molar-refractivity contribution in [2.24, 2.45) is 0 Å². The number of nitrogens with zero attached hydrogens (tertiary/aromatic N) is 1. The molecule has 1 aliphatic rings. The maximum Gasteiger partial charge on any atom is 0.125 e. The Bertz CT molecular complexity index is 573. The molecule has 1 aromatic carbocycles. The number of halogens is 1. The van der Waals surface area contributed by atoms with Crippen molar-refractivity contribution in [3.05, 3.63) is 41.0 Å². The number of aromatic nitrogens is 1. The summed E-state index contributed by atoms with van der Waals surface area (Å²) in [5, 5.41) is 13.5. The summed E-state index contributed by atoms with van der Waals surface area (Å²) in [6.45, 7) is 2.12. The van der Waals surface area contributed by atoms with Gasteiger partial charge in [0.25, 0.3) is 0 Å². The van der Waals surface area contributed by atoms with Crippen LogP contribution in [0.3, 0.4) is 0 Å². The molecule has 0 unspecified atom stereocenters. The topological polar surface area (TPSA) is 38.8 Å². The summed E-state index contributed by atoms with van der Waals surface area (Å²) in [5.41, 5.74) is 1.93. The normalized spacial score (nSPS) is 18.8. The van der Waals surface area contributed by atoms with Crippen molar-refractivity contribution in [2.45, 2.75) is 25.7 Å². The van der Waals surface area contributed by atoms with Crippen molar-refractivity contribution in [1.29, 1.82) is 0 Å². The molecule has 1 fully saturated rings. The van der Waals surface area contributed by atoms with E-state index >= 15 is 0 Å². The number of benzene rings is 1. The molecular formula is C15H19FN2O. The third kappa shape index (κ3) is 2.65. The molecule has 1 N–H and O–H groups in total. The summed E-state index contributed by atoms with van der Waals surface area (Å²) in [6, 6.07) is 4.77. The first-order valence-electron chi connectivity index (χ1n) is 6.99. The number of hydrogen-bond donors (Lipinski definition) is 1. The van der Waals surface area contributed by atoms with E-state index in [-0.39, 0.29) is 10.5 Å². The van der Waals surface area contributed by atoms with Crippen molar-refractivity contribution in [3.8, 4) is 0 Å². The van der Waals surface area contributed by atoms with Gasteiger partial charge in [-0.25, -0.2) is 4.39 Å². The zero-order chi connectivity index (χ0) is 13.3. The molecule has 2 aromatic rings. The molecule has 3 rings (SSSR count). The van der Waals surface area contributed by atoms with Gasteiger partial charge in [-0.2, -0.15) is 0 Å². The fraction of sp³-hybridized carbons (Fsp3) is 0.467. The summed E-state index contributed by atoms with van der Waals surface area (Å²) < 4.78 is 13.0. The van der Waals surface area contributed by atoms with E-state index in [1.54, 1.807) is 6.07 Å². The average molecular weight is 262 g/mol. The number of fused-ring (bicyclic) bond motifs is 1. The van der Waals surface area contributed by atoms with E-state index in [4.69, 9.17) is 0 Å². The van der Waals surface area contributed by atoms with Gasteiger partial charge in [0.1, 0.15) is 5.82 Å². The fourth-order valence-electron chi connectivity index (χ4n) is 3.00. The maximum absolute atomic E-state index is 13.1. The minimum atomic E-state index is -0.232. The first-order chi connectivity index (χ1) is 9.16. The molecule has 0 amide bonds. The summed E-state index contributed by atoms with van der Waals surface area (Å²) in [5.74, 6) is -0.232. The number of nitrogens with one attached hydrogen (secondary N) is 1. The lowest BCUT2D eigenvalue weighted by atomic mass is 10.1. The Morgan fingerprint density at radius 3 is 2.79 bits per heavy atom. The highest BCUT2D eigenvalue weighted by atomic mass is 19.1. The quantitative estimate of drug-likeness (QED) is 0.668. The third-order valence-electron chi connectivity index (χ3n) is 4.15. The Morgan fingerprint density at radius 1 is 1.21 bits per heavy atom. The first kappa shape index (κ1) is 12.6. The van der Waals surface area contributed by atoms with Gasteiger partial charge in [-0.1, -0.05) is 0 Å². The van der Waals surface area contributed by atoms with Gasteiger partial charge in [-0.05, 0) is 43.0 Å². The standard InChI is InChI=1S/C15H19FN2O/c16-13-4-5-14-12(11-17-15(14)10-13)6-9-18(19)7-2-1-3-8-18/h4-5,10-11,17H,1-3,6-9H2. The number of likely N-dealkylation sites (tertiary alicyclic amines) is 1. The number of hydroxylamine groups is 3. The van der Waals surface area contributed by atoms with Crippen LogP contribution >= 0.6 is 0 Å². The molecule has 0 bridgehead atoms. The number of rotatable bonds is 3. The Labute approximate surface area is 112 Å². The average Bonchev–Trinajstić information content (AvgIpc) is 2.79. The van der Waals surface area contributed by atoms with Crippen molar-refractivity contribution >= 4 is 10.9 Å². The highest BCUT2D eigenvalue weighted by molar-refractivity contribution is 5.83. The Balaban J connectivity index is 1.74. The van der Waals surface area contributed by atoms with Crippen LogP contribution in [0.25, 0.3) is 10.9 Å². The number of piperidine rings is 1. The molecule has 2 heterocycles. The largest absolute Gasteiger partial charge is 0.633 e. The molecule has 102 valence electrons. The van der Waals surface area contributed by atoms with Gasteiger partial charge in [-0.3, -0.25) is 0 Å². The first-order valence-corrected chi connectivity index (χ1v) is 6.99. The van der Waals surface area contributed by atoms with Gasteiger partial charge >= 0.3 is 0 Å². The van der Waals surface area contributed by atoms with Gasteiger partial charge in [-0.15, -0.1) is 0 Å². The number of hydrogen-bond acceptors (Lipinski definition) is 1. The lowest BCUT2D eigenvalue weighted by Crippen LogP contribution is -2.47. The highest BCUT2D eigenvalue weighted by Crippen LogP contribution is 2.22. The third-order valence-corrected chi connectivity index (χ3v) is 4.15. The molecule has 1 aromatic heterocycles. The van der Waals surface area contributed by atoms with Gasteiger partial charge < -0.3 is 14.8 Å². The van der Waals surface area contributed by atoms with Crippen LogP contribution in [0.4, 0.5) is 4.39 Å². The van der Waals surface area contributed by atoms with Crippen LogP contribution in [0.5, 0.6) is 0 Å². The fourth-order valence-corrected chi connectivity index (χ4v) is 3.00. The predicted molar refractivity (Wildman–Crippen MR) is 74.0 cm³/mol.